The standard InChI is InChI=1S/C11H23N/c1-5-7-11(6-2)9-12-8-10(3)4/h5,10-12H,1,6-9H2,2-4H3/t11-/m1/s1. The Balaban J connectivity index is 3.37. The van der Waals surface area contributed by atoms with E-state index in [9.17, 15) is 0 Å². The van der Waals surface area contributed by atoms with Crippen molar-refractivity contribution in [3.05, 3.63) is 12.7 Å². The van der Waals surface area contributed by atoms with Gasteiger partial charge in [0.15, 0.2) is 0 Å². The molecule has 12 heavy (non-hydrogen) atoms. The van der Waals surface area contributed by atoms with Crippen LogP contribution in [0.1, 0.15) is 33.6 Å². The lowest BCUT2D eigenvalue weighted by Crippen LogP contribution is -2.25. The van der Waals surface area contributed by atoms with E-state index in [0.717, 1.165) is 31.3 Å². The van der Waals surface area contributed by atoms with Gasteiger partial charge in [-0.3, -0.25) is 0 Å². The summed E-state index contributed by atoms with van der Waals surface area (Å²) in [5, 5.41) is 3.47. The molecule has 0 heterocycles. The quantitative estimate of drug-likeness (QED) is 0.578. The summed E-state index contributed by atoms with van der Waals surface area (Å²) in [7, 11) is 0. The predicted octanol–water partition coefficient (Wildman–Crippen LogP) is 2.83. The van der Waals surface area contributed by atoms with Gasteiger partial charge in [-0.15, -0.1) is 6.58 Å². The van der Waals surface area contributed by atoms with Crippen LogP contribution in [0.15, 0.2) is 12.7 Å². The molecule has 0 saturated carbocycles. The summed E-state index contributed by atoms with van der Waals surface area (Å²) in [5.74, 6) is 1.53. The van der Waals surface area contributed by atoms with Gasteiger partial charge in [0.05, 0.1) is 0 Å². The van der Waals surface area contributed by atoms with Crippen molar-refractivity contribution >= 4 is 0 Å². The molecule has 0 aliphatic carbocycles. The zero-order valence-electron chi connectivity index (χ0n) is 8.77. The third-order valence-electron chi connectivity index (χ3n) is 2.06. The highest BCUT2D eigenvalue weighted by Gasteiger charge is 2.03. The first-order valence-electron chi connectivity index (χ1n) is 5.02. The molecule has 0 aromatic carbocycles. The topological polar surface area (TPSA) is 12.0 Å². The van der Waals surface area contributed by atoms with Crippen molar-refractivity contribution in [3.63, 3.8) is 0 Å². The van der Waals surface area contributed by atoms with Gasteiger partial charge in [0.2, 0.25) is 0 Å². The summed E-state index contributed by atoms with van der Waals surface area (Å²) in [6.07, 6.45) is 4.41. The molecule has 0 aromatic rings. The fraction of sp³-hybridized carbons (Fsp3) is 0.818. The average molecular weight is 169 g/mol. The number of hydrogen-bond donors (Lipinski definition) is 1. The van der Waals surface area contributed by atoms with Crippen LogP contribution in [0.5, 0.6) is 0 Å². The van der Waals surface area contributed by atoms with Crippen LogP contribution in [0, 0.1) is 11.8 Å². The molecule has 1 N–H and O–H groups in total. The minimum Gasteiger partial charge on any atom is -0.316 e. The van der Waals surface area contributed by atoms with Crippen LogP contribution in [0.4, 0.5) is 0 Å². The number of rotatable bonds is 7. The van der Waals surface area contributed by atoms with Gasteiger partial charge < -0.3 is 5.32 Å². The molecule has 1 nitrogen and oxygen atoms in total. The van der Waals surface area contributed by atoms with Crippen molar-refractivity contribution in [1.29, 1.82) is 0 Å². The average Bonchev–Trinajstić information content (AvgIpc) is 2.02. The molecule has 1 atom stereocenters. The third-order valence-corrected chi connectivity index (χ3v) is 2.06. The van der Waals surface area contributed by atoms with Gasteiger partial charge in [0.25, 0.3) is 0 Å². The lowest BCUT2D eigenvalue weighted by atomic mass is 10.0. The van der Waals surface area contributed by atoms with E-state index in [1.807, 2.05) is 6.08 Å². The molecule has 0 spiro atoms. The molecule has 0 fully saturated rings. The first-order valence-corrected chi connectivity index (χ1v) is 5.02. The fourth-order valence-corrected chi connectivity index (χ4v) is 1.21. The summed E-state index contributed by atoms with van der Waals surface area (Å²) < 4.78 is 0. The van der Waals surface area contributed by atoms with Crippen molar-refractivity contribution in [1.82, 2.24) is 5.32 Å². The van der Waals surface area contributed by atoms with E-state index in [1.54, 1.807) is 0 Å². The molecule has 72 valence electrons. The Kier molecular flexibility index (Phi) is 7.17. The summed E-state index contributed by atoms with van der Waals surface area (Å²) in [6, 6.07) is 0. The molecule has 0 amide bonds. The van der Waals surface area contributed by atoms with Crippen LogP contribution in [0.25, 0.3) is 0 Å². The first-order chi connectivity index (χ1) is 5.70. The molecular formula is C11H23N. The Morgan fingerprint density at radius 1 is 1.33 bits per heavy atom. The van der Waals surface area contributed by atoms with E-state index in [4.69, 9.17) is 0 Å². The Bertz CT molecular complexity index is 108. The molecule has 0 saturated heterocycles. The summed E-state index contributed by atoms with van der Waals surface area (Å²) in [4.78, 5) is 0. The predicted molar refractivity (Wildman–Crippen MR) is 56.3 cm³/mol. The zero-order valence-corrected chi connectivity index (χ0v) is 8.77. The van der Waals surface area contributed by atoms with Crippen LogP contribution in [-0.2, 0) is 0 Å². The van der Waals surface area contributed by atoms with E-state index in [0.29, 0.717) is 0 Å². The smallest absolute Gasteiger partial charge is 0.00175 e. The Labute approximate surface area is 77.2 Å². The monoisotopic (exact) mass is 169 g/mol. The van der Waals surface area contributed by atoms with Gasteiger partial charge >= 0.3 is 0 Å². The molecule has 0 aliphatic rings. The van der Waals surface area contributed by atoms with Crippen LogP contribution in [0.3, 0.4) is 0 Å². The highest BCUT2D eigenvalue weighted by molar-refractivity contribution is 4.73. The summed E-state index contributed by atoms with van der Waals surface area (Å²) in [5.41, 5.74) is 0. The number of allylic oxidation sites excluding steroid dienone is 1. The van der Waals surface area contributed by atoms with Crippen molar-refractivity contribution in [2.24, 2.45) is 11.8 Å². The highest BCUT2D eigenvalue weighted by Crippen LogP contribution is 2.06. The Morgan fingerprint density at radius 3 is 2.42 bits per heavy atom. The molecule has 0 aromatic heterocycles. The van der Waals surface area contributed by atoms with E-state index < -0.39 is 0 Å². The van der Waals surface area contributed by atoms with Crippen LogP contribution < -0.4 is 5.32 Å². The fourth-order valence-electron chi connectivity index (χ4n) is 1.21. The number of nitrogens with one attached hydrogen (secondary N) is 1. The maximum Gasteiger partial charge on any atom is -0.00175 e. The van der Waals surface area contributed by atoms with Crippen molar-refractivity contribution in [2.75, 3.05) is 13.1 Å². The molecule has 0 aliphatic heterocycles. The lowest BCUT2D eigenvalue weighted by molar-refractivity contribution is 0.443. The molecule has 0 bridgehead atoms. The normalized spacial score (nSPS) is 13.3. The van der Waals surface area contributed by atoms with Gasteiger partial charge in [-0.05, 0) is 31.3 Å². The van der Waals surface area contributed by atoms with Crippen LogP contribution in [-0.4, -0.2) is 13.1 Å². The van der Waals surface area contributed by atoms with Gasteiger partial charge in [-0.1, -0.05) is 33.3 Å². The zero-order chi connectivity index (χ0) is 9.40. The second-order valence-corrected chi connectivity index (χ2v) is 3.85. The number of hydrogen-bond acceptors (Lipinski definition) is 1. The Hall–Kier alpha value is -0.300. The Morgan fingerprint density at radius 2 is 2.00 bits per heavy atom. The first kappa shape index (κ1) is 11.7. The van der Waals surface area contributed by atoms with Crippen LogP contribution >= 0.6 is 0 Å². The van der Waals surface area contributed by atoms with Crippen molar-refractivity contribution in [3.8, 4) is 0 Å². The molecule has 0 rings (SSSR count). The lowest BCUT2D eigenvalue weighted by Gasteiger charge is -2.14. The molecular weight excluding hydrogens is 146 g/mol. The second kappa shape index (κ2) is 7.35. The second-order valence-electron chi connectivity index (χ2n) is 3.85. The van der Waals surface area contributed by atoms with Crippen molar-refractivity contribution < 1.29 is 0 Å². The van der Waals surface area contributed by atoms with E-state index >= 15 is 0 Å². The van der Waals surface area contributed by atoms with Gasteiger partial charge in [-0.25, -0.2) is 0 Å². The minimum atomic E-state index is 0.756. The maximum atomic E-state index is 3.76. The molecule has 1 heteroatoms. The highest BCUT2D eigenvalue weighted by atomic mass is 14.9. The van der Waals surface area contributed by atoms with E-state index in [1.165, 1.54) is 6.42 Å². The van der Waals surface area contributed by atoms with Gasteiger partial charge in [0, 0.05) is 0 Å². The van der Waals surface area contributed by atoms with Crippen molar-refractivity contribution in [2.45, 2.75) is 33.6 Å². The maximum absolute atomic E-state index is 3.76. The van der Waals surface area contributed by atoms with Crippen LogP contribution in [0.2, 0.25) is 0 Å². The molecule has 0 unspecified atom stereocenters. The molecule has 0 radical (unpaired) electrons. The van der Waals surface area contributed by atoms with Gasteiger partial charge in [0.1, 0.15) is 0 Å². The van der Waals surface area contributed by atoms with E-state index in [-0.39, 0.29) is 0 Å². The third kappa shape index (κ3) is 6.41. The summed E-state index contributed by atoms with van der Waals surface area (Å²) in [6.45, 7) is 12.8. The van der Waals surface area contributed by atoms with Gasteiger partial charge in [-0.2, -0.15) is 0 Å². The van der Waals surface area contributed by atoms with E-state index in [2.05, 4.69) is 32.7 Å². The SMILES string of the molecule is C=CC[C@@H](CC)CNCC(C)C. The minimum absolute atomic E-state index is 0.756. The summed E-state index contributed by atoms with van der Waals surface area (Å²) >= 11 is 0. The largest absolute Gasteiger partial charge is 0.316 e.